The summed E-state index contributed by atoms with van der Waals surface area (Å²) in [6, 6.07) is 10.2. The molecule has 31 heavy (non-hydrogen) atoms. The van der Waals surface area contributed by atoms with E-state index < -0.39 is 0 Å². The van der Waals surface area contributed by atoms with Crippen LogP contribution in [0, 0.1) is 5.82 Å². The maximum absolute atomic E-state index is 14.4. The number of nitrogens with one attached hydrogen (secondary N) is 2. The fourth-order valence-corrected chi connectivity index (χ4v) is 4.23. The third-order valence-corrected chi connectivity index (χ3v) is 5.61. The van der Waals surface area contributed by atoms with Gasteiger partial charge in [-0.05, 0) is 56.5 Å². The second kappa shape index (κ2) is 10.0. The topological polar surface area (TPSA) is 62.8 Å². The number of benzene rings is 2. The Bertz CT molecular complexity index is 919. The van der Waals surface area contributed by atoms with Gasteiger partial charge >= 0.3 is 6.03 Å². The van der Waals surface area contributed by atoms with Gasteiger partial charge in [-0.3, -0.25) is 4.90 Å². The summed E-state index contributed by atoms with van der Waals surface area (Å²) in [4.78, 5) is 14.6. The van der Waals surface area contributed by atoms with E-state index in [1.54, 1.807) is 26.4 Å². The predicted molar refractivity (Wildman–Crippen MR) is 119 cm³/mol. The first-order chi connectivity index (χ1) is 14.8. The van der Waals surface area contributed by atoms with E-state index in [-0.39, 0.29) is 30.0 Å². The van der Waals surface area contributed by atoms with E-state index in [1.165, 1.54) is 6.07 Å². The smallest absolute Gasteiger partial charge is 0.315 e. The van der Waals surface area contributed by atoms with Crippen LogP contribution in [0.5, 0.6) is 11.5 Å². The third kappa shape index (κ3) is 5.28. The molecular formula is C24H32FN3O3. The van der Waals surface area contributed by atoms with Crippen LogP contribution < -0.4 is 20.1 Å². The molecule has 0 aliphatic carbocycles. The van der Waals surface area contributed by atoms with E-state index >= 15 is 0 Å². The summed E-state index contributed by atoms with van der Waals surface area (Å²) in [5.41, 5.74) is 2.83. The molecular weight excluding hydrogens is 397 g/mol. The Labute approximate surface area is 183 Å². The highest BCUT2D eigenvalue weighted by atomic mass is 19.1. The van der Waals surface area contributed by atoms with E-state index in [9.17, 15) is 9.18 Å². The number of hydrogen-bond acceptors (Lipinski definition) is 4. The SMILES string of the molecule is COc1cc2c(cc1OC)C(C(C)NC(=O)NC(C)C)N(Cc1ccccc1F)CC2. The van der Waals surface area contributed by atoms with E-state index in [0.29, 0.717) is 23.6 Å². The molecule has 0 radical (unpaired) electrons. The first kappa shape index (κ1) is 22.9. The van der Waals surface area contributed by atoms with Gasteiger partial charge in [0.1, 0.15) is 5.82 Å². The van der Waals surface area contributed by atoms with Crippen LogP contribution in [0.25, 0.3) is 0 Å². The quantitative estimate of drug-likeness (QED) is 0.697. The molecule has 168 valence electrons. The zero-order valence-corrected chi connectivity index (χ0v) is 18.9. The summed E-state index contributed by atoms with van der Waals surface area (Å²) < 4.78 is 25.4. The first-order valence-corrected chi connectivity index (χ1v) is 10.6. The molecule has 2 amide bonds. The number of ether oxygens (including phenoxy) is 2. The number of methoxy groups -OCH3 is 2. The molecule has 1 aliphatic rings. The highest BCUT2D eigenvalue weighted by molar-refractivity contribution is 5.74. The van der Waals surface area contributed by atoms with Crippen molar-refractivity contribution in [2.75, 3.05) is 20.8 Å². The van der Waals surface area contributed by atoms with Crippen molar-refractivity contribution in [2.24, 2.45) is 0 Å². The van der Waals surface area contributed by atoms with Gasteiger partial charge in [-0.15, -0.1) is 0 Å². The van der Waals surface area contributed by atoms with Crippen molar-refractivity contribution in [3.63, 3.8) is 0 Å². The molecule has 6 nitrogen and oxygen atoms in total. The van der Waals surface area contributed by atoms with E-state index in [2.05, 4.69) is 15.5 Å². The van der Waals surface area contributed by atoms with Crippen LogP contribution in [0.3, 0.4) is 0 Å². The Balaban J connectivity index is 1.97. The zero-order valence-electron chi connectivity index (χ0n) is 18.9. The molecule has 0 fully saturated rings. The van der Waals surface area contributed by atoms with Crippen LogP contribution in [-0.2, 0) is 13.0 Å². The maximum atomic E-state index is 14.4. The van der Waals surface area contributed by atoms with Gasteiger partial charge in [-0.1, -0.05) is 18.2 Å². The minimum atomic E-state index is -0.225. The lowest BCUT2D eigenvalue weighted by molar-refractivity contribution is 0.141. The molecule has 2 aromatic carbocycles. The van der Waals surface area contributed by atoms with Gasteiger partial charge in [0, 0.05) is 30.7 Å². The zero-order chi connectivity index (χ0) is 22.5. The monoisotopic (exact) mass is 429 g/mol. The lowest BCUT2D eigenvalue weighted by atomic mass is 9.87. The van der Waals surface area contributed by atoms with Crippen molar-refractivity contribution in [1.82, 2.24) is 15.5 Å². The summed E-state index contributed by atoms with van der Waals surface area (Å²) in [5.74, 6) is 1.09. The highest BCUT2D eigenvalue weighted by Crippen LogP contribution is 2.40. The molecule has 0 aromatic heterocycles. The number of nitrogens with zero attached hydrogens (tertiary/aromatic N) is 1. The number of carbonyl (C=O) groups is 1. The normalized spacial score (nSPS) is 17.1. The van der Waals surface area contributed by atoms with Crippen LogP contribution in [0.2, 0.25) is 0 Å². The van der Waals surface area contributed by atoms with Crippen LogP contribution >= 0.6 is 0 Å². The number of carbonyl (C=O) groups excluding carboxylic acids is 1. The average molecular weight is 430 g/mol. The number of urea groups is 1. The Morgan fingerprint density at radius 2 is 1.81 bits per heavy atom. The minimum Gasteiger partial charge on any atom is -0.493 e. The fourth-order valence-electron chi connectivity index (χ4n) is 4.23. The van der Waals surface area contributed by atoms with Crippen molar-refractivity contribution in [2.45, 2.75) is 51.9 Å². The standard InChI is InChI=1S/C24H32FN3O3/c1-15(2)26-24(29)27-16(3)23-19-13-22(31-5)21(30-4)12-17(19)10-11-28(23)14-18-8-6-7-9-20(18)25/h6-9,12-13,15-16,23H,10-11,14H2,1-5H3,(H2,26,27,29). The minimum absolute atomic E-state index is 0.0321. The highest BCUT2D eigenvalue weighted by Gasteiger charge is 2.34. The molecule has 7 heteroatoms. The van der Waals surface area contributed by atoms with Gasteiger partial charge in [0.05, 0.1) is 20.3 Å². The second-order valence-electron chi connectivity index (χ2n) is 8.22. The predicted octanol–water partition coefficient (Wildman–Crippen LogP) is 4.04. The molecule has 0 spiro atoms. The third-order valence-electron chi connectivity index (χ3n) is 5.61. The Kier molecular flexibility index (Phi) is 7.38. The Morgan fingerprint density at radius 1 is 1.13 bits per heavy atom. The molecule has 2 unspecified atom stereocenters. The van der Waals surface area contributed by atoms with E-state index in [1.807, 2.05) is 39.0 Å². The number of amides is 2. The van der Waals surface area contributed by atoms with E-state index in [0.717, 1.165) is 24.1 Å². The van der Waals surface area contributed by atoms with Gasteiger partial charge in [-0.2, -0.15) is 0 Å². The summed E-state index contributed by atoms with van der Waals surface area (Å²) in [6.07, 6.45) is 0.797. The van der Waals surface area contributed by atoms with Gasteiger partial charge in [0.15, 0.2) is 11.5 Å². The van der Waals surface area contributed by atoms with Gasteiger partial charge in [-0.25, -0.2) is 9.18 Å². The van der Waals surface area contributed by atoms with Crippen molar-refractivity contribution in [1.29, 1.82) is 0 Å². The lowest BCUT2D eigenvalue weighted by Crippen LogP contribution is -2.50. The van der Waals surface area contributed by atoms with Gasteiger partial charge in [0.2, 0.25) is 0 Å². The summed E-state index contributed by atoms with van der Waals surface area (Å²) >= 11 is 0. The van der Waals surface area contributed by atoms with Gasteiger partial charge < -0.3 is 20.1 Å². The lowest BCUT2D eigenvalue weighted by Gasteiger charge is -2.41. The largest absolute Gasteiger partial charge is 0.493 e. The second-order valence-corrected chi connectivity index (χ2v) is 8.22. The molecule has 1 aliphatic heterocycles. The Morgan fingerprint density at radius 3 is 2.45 bits per heavy atom. The van der Waals surface area contributed by atoms with Crippen LogP contribution in [-0.4, -0.2) is 43.8 Å². The molecule has 3 rings (SSSR count). The van der Waals surface area contributed by atoms with Crippen LogP contribution in [0.4, 0.5) is 9.18 Å². The summed E-state index contributed by atoms with van der Waals surface area (Å²) in [6.45, 7) is 7.00. The molecule has 0 saturated heterocycles. The number of halogens is 1. The van der Waals surface area contributed by atoms with Crippen LogP contribution in [0.15, 0.2) is 36.4 Å². The first-order valence-electron chi connectivity index (χ1n) is 10.6. The molecule has 2 aromatic rings. The molecule has 1 heterocycles. The molecule has 0 bridgehead atoms. The average Bonchev–Trinajstić information content (AvgIpc) is 2.73. The molecule has 2 atom stereocenters. The number of fused-ring (bicyclic) bond motifs is 1. The van der Waals surface area contributed by atoms with Crippen molar-refractivity contribution in [3.8, 4) is 11.5 Å². The van der Waals surface area contributed by atoms with Crippen molar-refractivity contribution in [3.05, 3.63) is 58.9 Å². The summed E-state index contributed by atoms with van der Waals surface area (Å²) in [5, 5.41) is 5.94. The number of rotatable bonds is 7. The number of hydrogen-bond donors (Lipinski definition) is 2. The van der Waals surface area contributed by atoms with Gasteiger partial charge in [0.25, 0.3) is 0 Å². The molecule has 0 saturated carbocycles. The van der Waals surface area contributed by atoms with Crippen molar-refractivity contribution >= 4 is 6.03 Å². The fraction of sp³-hybridized carbons (Fsp3) is 0.458. The maximum Gasteiger partial charge on any atom is 0.315 e. The van der Waals surface area contributed by atoms with E-state index in [4.69, 9.17) is 9.47 Å². The van der Waals surface area contributed by atoms with Crippen LogP contribution in [0.1, 0.15) is 43.5 Å². The summed E-state index contributed by atoms with van der Waals surface area (Å²) in [7, 11) is 3.23. The molecule has 2 N–H and O–H groups in total. The van der Waals surface area contributed by atoms with Crippen molar-refractivity contribution < 1.29 is 18.7 Å². The Hall–Kier alpha value is -2.80.